The molecular formula is C14H20N2O3. The third-order valence-corrected chi connectivity index (χ3v) is 3.42. The van der Waals surface area contributed by atoms with E-state index in [1.165, 1.54) is 18.2 Å². The van der Waals surface area contributed by atoms with Crippen LogP contribution in [0.2, 0.25) is 0 Å². The molecule has 5 heteroatoms. The van der Waals surface area contributed by atoms with Crippen molar-refractivity contribution in [2.75, 3.05) is 19.6 Å². The maximum absolute atomic E-state index is 12.3. The van der Waals surface area contributed by atoms with Crippen LogP contribution >= 0.6 is 0 Å². The smallest absolute Gasteiger partial charge is 0.254 e. The van der Waals surface area contributed by atoms with Gasteiger partial charge in [0, 0.05) is 24.7 Å². The van der Waals surface area contributed by atoms with Crippen LogP contribution in [-0.4, -0.2) is 46.7 Å². The number of benzene rings is 1. The number of carbonyl (C=O) groups is 1. The summed E-state index contributed by atoms with van der Waals surface area (Å²) in [6.07, 6.45) is 2.06. The lowest BCUT2D eigenvalue weighted by atomic mass is 10.0. The van der Waals surface area contributed by atoms with Crippen LogP contribution in [0.4, 0.5) is 0 Å². The molecular weight excluding hydrogens is 244 g/mol. The second kappa shape index (κ2) is 5.93. The van der Waals surface area contributed by atoms with E-state index in [9.17, 15) is 15.0 Å². The molecule has 0 radical (unpaired) electrons. The predicted octanol–water partition coefficient (Wildman–Crippen LogP) is 1.31. The summed E-state index contributed by atoms with van der Waals surface area (Å²) in [5.41, 5.74) is 0.410. The van der Waals surface area contributed by atoms with Gasteiger partial charge in [0.05, 0.1) is 0 Å². The Kier molecular flexibility index (Phi) is 4.27. The van der Waals surface area contributed by atoms with Crippen molar-refractivity contribution in [3.05, 3.63) is 23.8 Å². The van der Waals surface area contributed by atoms with Gasteiger partial charge in [-0.1, -0.05) is 6.92 Å². The van der Waals surface area contributed by atoms with Gasteiger partial charge in [0.2, 0.25) is 0 Å². The van der Waals surface area contributed by atoms with Crippen LogP contribution in [0, 0.1) is 0 Å². The van der Waals surface area contributed by atoms with Crippen molar-refractivity contribution < 1.29 is 15.0 Å². The monoisotopic (exact) mass is 264 g/mol. The molecule has 3 N–H and O–H groups in total. The van der Waals surface area contributed by atoms with E-state index in [0.29, 0.717) is 18.2 Å². The molecule has 1 amide bonds. The fourth-order valence-electron chi connectivity index (χ4n) is 2.46. The van der Waals surface area contributed by atoms with Gasteiger partial charge in [-0.2, -0.15) is 0 Å². The summed E-state index contributed by atoms with van der Waals surface area (Å²) in [6.45, 7) is 4.38. The van der Waals surface area contributed by atoms with Crippen molar-refractivity contribution in [1.82, 2.24) is 10.2 Å². The lowest BCUT2D eigenvalue weighted by Crippen LogP contribution is -2.47. The fraction of sp³-hybridized carbons (Fsp3) is 0.500. The van der Waals surface area contributed by atoms with Gasteiger partial charge in [-0.25, -0.2) is 0 Å². The van der Waals surface area contributed by atoms with Crippen molar-refractivity contribution >= 4 is 5.91 Å². The maximum Gasteiger partial charge on any atom is 0.254 e. The number of rotatable bonds is 3. The Balaban J connectivity index is 2.08. The number of amides is 1. The third-order valence-electron chi connectivity index (χ3n) is 3.42. The Morgan fingerprint density at radius 1 is 1.42 bits per heavy atom. The molecule has 5 nitrogen and oxygen atoms in total. The average molecular weight is 264 g/mol. The van der Waals surface area contributed by atoms with E-state index >= 15 is 0 Å². The van der Waals surface area contributed by atoms with Crippen molar-refractivity contribution in [1.29, 1.82) is 0 Å². The lowest BCUT2D eigenvalue weighted by Gasteiger charge is -2.33. The molecule has 1 unspecified atom stereocenters. The van der Waals surface area contributed by atoms with Crippen LogP contribution in [0.25, 0.3) is 0 Å². The SMILES string of the molecule is CCNC1CCCN(C(=O)c2ccc(O)c(O)c2)C1. The van der Waals surface area contributed by atoms with Crippen LogP contribution in [0.3, 0.4) is 0 Å². The Bertz CT molecular complexity index is 460. The van der Waals surface area contributed by atoms with E-state index in [4.69, 9.17) is 0 Å². The van der Waals surface area contributed by atoms with E-state index in [-0.39, 0.29) is 17.4 Å². The molecule has 1 heterocycles. The molecule has 1 aliphatic heterocycles. The topological polar surface area (TPSA) is 72.8 Å². The first-order chi connectivity index (χ1) is 9.11. The van der Waals surface area contributed by atoms with Crippen LogP contribution in [0.5, 0.6) is 11.5 Å². The number of piperidine rings is 1. The van der Waals surface area contributed by atoms with E-state index < -0.39 is 0 Å². The van der Waals surface area contributed by atoms with E-state index in [2.05, 4.69) is 12.2 Å². The van der Waals surface area contributed by atoms with E-state index in [0.717, 1.165) is 25.9 Å². The predicted molar refractivity (Wildman–Crippen MR) is 72.4 cm³/mol. The van der Waals surface area contributed by atoms with Crippen molar-refractivity contribution in [2.24, 2.45) is 0 Å². The Morgan fingerprint density at radius 3 is 2.89 bits per heavy atom. The molecule has 19 heavy (non-hydrogen) atoms. The normalized spacial score (nSPS) is 19.4. The van der Waals surface area contributed by atoms with Gasteiger partial charge in [-0.3, -0.25) is 4.79 Å². The zero-order valence-electron chi connectivity index (χ0n) is 11.1. The van der Waals surface area contributed by atoms with Gasteiger partial charge in [0.25, 0.3) is 5.91 Å². The van der Waals surface area contributed by atoms with Crippen molar-refractivity contribution in [3.63, 3.8) is 0 Å². The zero-order valence-corrected chi connectivity index (χ0v) is 11.1. The molecule has 2 rings (SSSR count). The minimum absolute atomic E-state index is 0.0992. The first-order valence-electron chi connectivity index (χ1n) is 6.66. The summed E-state index contributed by atoms with van der Waals surface area (Å²) >= 11 is 0. The highest BCUT2D eigenvalue weighted by Gasteiger charge is 2.24. The minimum Gasteiger partial charge on any atom is -0.504 e. The van der Waals surface area contributed by atoms with Gasteiger partial charge in [0.1, 0.15) is 0 Å². The first kappa shape index (κ1) is 13.7. The molecule has 1 aliphatic rings. The zero-order chi connectivity index (χ0) is 13.8. The number of likely N-dealkylation sites (N-methyl/N-ethyl adjacent to an activating group) is 1. The summed E-state index contributed by atoms with van der Waals surface area (Å²) in [5, 5.41) is 22.1. The van der Waals surface area contributed by atoms with Crippen LogP contribution in [0.1, 0.15) is 30.1 Å². The third kappa shape index (κ3) is 3.17. The summed E-state index contributed by atoms with van der Waals surface area (Å²) in [6, 6.07) is 4.53. The molecule has 0 aliphatic carbocycles. The number of phenols is 2. The number of hydrogen-bond acceptors (Lipinski definition) is 4. The van der Waals surface area contributed by atoms with Gasteiger partial charge in [-0.15, -0.1) is 0 Å². The standard InChI is InChI=1S/C14H20N2O3/c1-2-15-11-4-3-7-16(9-11)14(19)10-5-6-12(17)13(18)8-10/h5-6,8,11,15,17-18H,2-4,7,9H2,1H3. The molecule has 1 aromatic rings. The number of nitrogens with zero attached hydrogens (tertiary/aromatic N) is 1. The minimum atomic E-state index is -0.258. The molecule has 0 aromatic heterocycles. The summed E-state index contributed by atoms with van der Waals surface area (Å²) in [7, 11) is 0. The molecule has 1 saturated heterocycles. The first-order valence-corrected chi connectivity index (χ1v) is 6.66. The summed E-state index contributed by atoms with van der Waals surface area (Å²) < 4.78 is 0. The Morgan fingerprint density at radius 2 is 2.21 bits per heavy atom. The molecule has 1 atom stereocenters. The maximum atomic E-state index is 12.3. The van der Waals surface area contributed by atoms with Gasteiger partial charge in [0.15, 0.2) is 11.5 Å². The van der Waals surface area contributed by atoms with Crippen molar-refractivity contribution in [3.8, 4) is 11.5 Å². The van der Waals surface area contributed by atoms with E-state index in [1.807, 2.05) is 0 Å². The number of phenolic OH excluding ortho intramolecular Hbond substituents is 2. The highest BCUT2D eigenvalue weighted by Crippen LogP contribution is 2.26. The van der Waals surface area contributed by atoms with Gasteiger partial charge < -0.3 is 20.4 Å². The number of likely N-dealkylation sites (tertiary alicyclic amines) is 1. The highest BCUT2D eigenvalue weighted by molar-refractivity contribution is 5.95. The molecule has 104 valence electrons. The molecule has 1 aromatic carbocycles. The van der Waals surface area contributed by atoms with E-state index in [1.54, 1.807) is 4.90 Å². The lowest BCUT2D eigenvalue weighted by molar-refractivity contribution is 0.0695. The second-order valence-corrected chi connectivity index (χ2v) is 4.85. The van der Waals surface area contributed by atoms with Crippen LogP contribution < -0.4 is 5.32 Å². The van der Waals surface area contributed by atoms with Crippen LogP contribution in [0.15, 0.2) is 18.2 Å². The highest BCUT2D eigenvalue weighted by atomic mass is 16.3. The molecule has 0 spiro atoms. The quantitative estimate of drug-likeness (QED) is 0.720. The molecule has 0 bridgehead atoms. The summed E-state index contributed by atoms with van der Waals surface area (Å²) in [4.78, 5) is 14.1. The number of hydrogen-bond donors (Lipinski definition) is 3. The Hall–Kier alpha value is -1.75. The largest absolute Gasteiger partial charge is 0.504 e. The second-order valence-electron chi connectivity index (χ2n) is 4.85. The van der Waals surface area contributed by atoms with Gasteiger partial charge >= 0.3 is 0 Å². The summed E-state index contributed by atoms with van der Waals surface area (Å²) in [5.74, 6) is -0.565. The molecule has 0 saturated carbocycles. The number of nitrogens with one attached hydrogen (secondary N) is 1. The van der Waals surface area contributed by atoms with Crippen LogP contribution in [-0.2, 0) is 0 Å². The van der Waals surface area contributed by atoms with Crippen molar-refractivity contribution in [2.45, 2.75) is 25.8 Å². The number of carbonyl (C=O) groups excluding carboxylic acids is 1. The molecule has 1 fully saturated rings. The Labute approximate surface area is 112 Å². The average Bonchev–Trinajstić information content (AvgIpc) is 2.42. The number of aromatic hydroxyl groups is 2. The van der Waals surface area contributed by atoms with Gasteiger partial charge in [-0.05, 0) is 37.6 Å². The fourth-order valence-corrected chi connectivity index (χ4v) is 2.46.